The third-order valence-electron chi connectivity index (χ3n) is 2.34. The highest BCUT2D eigenvalue weighted by Crippen LogP contribution is 2.30. The molecule has 1 amide bonds. The van der Waals surface area contributed by atoms with Gasteiger partial charge in [0.2, 0.25) is 0 Å². The predicted octanol–water partition coefficient (Wildman–Crippen LogP) is 1.66. The average molecular weight is 213 g/mol. The van der Waals surface area contributed by atoms with Crippen molar-refractivity contribution in [3.8, 4) is 0 Å². The Morgan fingerprint density at radius 2 is 2.50 bits per heavy atom. The molecule has 1 aromatic heterocycles. The summed E-state index contributed by atoms with van der Waals surface area (Å²) >= 11 is 1.32. The summed E-state index contributed by atoms with van der Waals surface area (Å²) in [5.74, 6) is 0.660. The van der Waals surface area contributed by atoms with Crippen LogP contribution in [-0.4, -0.2) is 32.0 Å². The fourth-order valence-corrected chi connectivity index (χ4v) is 2.24. The minimum atomic E-state index is -0.875. The lowest BCUT2D eigenvalue weighted by molar-refractivity contribution is 0.139. The van der Waals surface area contributed by atoms with Crippen LogP contribution in [0.15, 0.2) is 0 Å². The first kappa shape index (κ1) is 9.39. The molecule has 2 heterocycles. The van der Waals surface area contributed by atoms with E-state index in [4.69, 9.17) is 5.11 Å². The number of rotatable bonds is 1. The molecule has 0 radical (unpaired) electrons. The lowest BCUT2D eigenvalue weighted by Crippen LogP contribution is -2.29. The van der Waals surface area contributed by atoms with E-state index in [1.54, 1.807) is 0 Å². The molecule has 0 unspecified atom stereocenters. The lowest BCUT2D eigenvalue weighted by Gasteiger charge is -2.18. The maximum Gasteiger partial charge on any atom is 0.407 e. The van der Waals surface area contributed by atoms with E-state index in [1.807, 2.05) is 6.92 Å². The molecule has 2 rings (SSSR count). The van der Waals surface area contributed by atoms with Crippen LogP contribution in [0.1, 0.15) is 29.7 Å². The van der Waals surface area contributed by atoms with Crippen molar-refractivity contribution in [3.05, 3.63) is 10.8 Å². The largest absolute Gasteiger partial charge is 0.465 e. The first-order valence-corrected chi connectivity index (χ1v) is 5.25. The summed E-state index contributed by atoms with van der Waals surface area (Å²) in [5, 5.41) is 9.81. The number of amides is 1. The summed E-state index contributed by atoms with van der Waals surface area (Å²) in [4.78, 5) is 16.5. The van der Waals surface area contributed by atoms with Gasteiger partial charge in [0.05, 0.1) is 6.04 Å². The predicted molar refractivity (Wildman–Crippen MR) is 51.4 cm³/mol. The maximum atomic E-state index is 10.9. The van der Waals surface area contributed by atoms with E-state index in [1.165, 1.54) is 16.4 Å². The van der Waals surface area contributed by atoms with Gasteiger partial charge in [0, 0.05) is 6.54 Å². The zero-order valence-corrected chi connectivity index (χ0v) is 8.62. The van der Waals surface area contributed by atoms with Crippen LogP contribution in [0.4, 0.5) is 4.79 Å². The van der Waals surface area contributed by atoms with Crippen LogP contribution < -0.4 is 0 Å². The van der Waals surface area contributed by atoms with Crippen molar-refractivity contribution in [2.75, 3.05) is 6.54 Å². The van der Waals surface area contributed by atoms with Crippen LogP contribution in [0.2, 0.25) is 0 Å². The van der Waals surface area contributed by atoms with Gasteiger partial charge in [-0.2, -0.15) is 4.37 Å². The Kier molecular flexibility index (Phi) is 2.37. The van der Waals surface area contributed by atoms with Crippen molar-refractivity contribution in [2.45, 2.75) is 25.8 Å². The van der Waals surface area contributed by atoms with Crippen LogP contribution in [0.25, 0.3) is 0 Å². The molecule has 1 fully saturated rings. The Balaban J connectivity index is 2.21. The minimum Gasteiger partial charge on any atom is -0.465 e. The summed E-state index contributed by atoms with van der Waals surface area (Å²) in [5.41, 5.74) is 0. The maximum absolute atomic E-state index is 10.9. The van der Waals surface area contributed by atoms with Crippen molar-refractivity contribution < 1.29 is 9.90 Å². The highest BCUT2D eigenvalue weighted by Gasteiger charge is 2.32. The monoisotopic (exact) mass is 213 g/mol. The molecule has 76 valence electrons. The van der Waals surface area contributed by atoms with Gasteiger partial charge in [-0.05, 0) is 31.3 Å². The third-order valence-corrected chi connectivity index (χ3v) is 2.97. The standard InChI is InChI=1S/C8H11N3O2S/c1-5-9-7(10-14-5)6-3-2-4-11(6)8(12)13/h6H,2-4H2,1H3,(H,12,13)/t6-/m0/s1. The van der Waals surface area contributed by atoms with Crippen molar-refractivity contribution in [2.24, 2.45) is 0 Å². The number of aromatic nitrogens is 2. The fraction of sp³-hybridized carbons (Fsp3) is 0.625. The van der Waals surface area contributed by atoms with Crippen molar-refractivity contribution in [1.82, 2.24) is 14.3 Å². The summed E-state index contributed by atoms with van der Waals surface area (Å²) in [6, 6.07) is -0.127. The third kappa shape index (κ3) is 1.57. The number of hydrogen-bond donors (Lipinski definition) is 1. The molecule has 0 spiro atoms. The molecule has 6 heteroatoms. The molecule has 14 heavy (non-hydrogen) atoms. The van der Waals surface area contributed by atoms with E-state index in [-0.39, 0.29) is 6.04 Å². The molecule has 0 saturated carbocycles. The first-order valence-electron chi connectivity index (χ1n) is 4.48. The van der Waals surface area contributed by atoms with E-state index in [2.05, 4.69) is 9.36 Å². The number of carbonyl (C=O) groups is 1. The molecule has 1 aliphatic heterocycles. The number of aryl methyl sites for hydroxylation is 1. The van der Waals surface area contributed by atoms with Crippen molar-refractivity contribution in [1.29, 1.82) is 0 Å². The summed E-state index contributed by atoms with van der Waals surface area (Å²) < 4.78 is 4.16. The van der Waals surface area contributed by atoms with Gasteiger partial charge in [-0.25, -0.2) is 9.78 Å². The van der Waals surface area contributed by atoms with Crippen molar-refractivity contribution in [3.63, 3.8) is 0 Å². The first-order chi connectivity index (χ1) is 6.68. The summed E-state index contributed by atoms with van der Waals surface area (Å²) in [6.07, 6.45) is 0.859. The Morgan fingerprint density at radius 3 is 3.07 bits per heavy atom. The van der Waals surface area contributed by atoms with E-state index in [0.29, 0.717) is 12.4 Å². The molecule has 1 N–H and O–H groups in total. The second-order valence-corrected chi connectivity index (χ2v) is 4.26. The Labute approximate surface area is 85.6 Å². The van der Waals surface area contributed by atoms with Gasteiger partial charge in [-0.1, -0.05) is 0 Å². The van der Waals surface area contributed by atoms with Crippen LogP contribution in [0, 0.1) is 6.92 Å². The number of hydrogen-bond acceptors (Lipinski definition) is 4. The van der Waals surface area contributed by atoms with Gasteiger partial charge in [0.1, 0.15) is 5.01 Å². The van der Waals surface area contributed by atoms with Gasteiger partial charge in [-0.15, -0.1) is 0 Å². The fourth-order valence-electron chi connectivity index (χ4n) is 1.71. The number of carboxylic acid groups (broad SMARTS) is 1. The second kappa shape index (κ2) is 3.53. The molecule has 5 nitrogen and oxygen atoms in total. The van der Waals surface area contributed by atoms with Crippen LogP contribution in [0.5, 0.6) is 0 Å². The summed E-state index contributed by atoms with van der Waals surface area (Å²) in [7, 11) is 0. The highest BCUT2D eigenvalue weighted by atomic mass is 32.1. The van der Waals surface area contributed by atoms with Gasteiger partial charge >= 0.3 is 6.09 Å². The zero-order chi connectivity index (χ0) is 10.1. The van der Waals surface area contributed by atoms with E-state index in [9.17, 15) is 4.79 Å². The van der Waals surface area contributed by atoms with Gasteiger partial charge in [0.25, 0.3) is 0 Å². The molecular formula is C8H11N3O2S. The van der Waals surface area contributed by atoms with Gasteiger partial charge in [-0.3, -0.25) is 4.90 Å². The van der Waals surface area contributed by atoms with Gasteiger partial charge < -0.3 is 5.11 Å². The Morgan fingerprint density at radius 1 is 1.71 bits per heavy atom. The molecule has 1 saturated heterocycles. The average Bonchev–Trinajstić information content (AvgIpc) is 2.70. The van der Waals surface area contributed by atoms with Crippen LogP contribution in [0.3, 0.4) is 0 Å². The van der Waals surface area contributed by atoms with Crippen LogP contribution in [-0.2, 0) is 0 Å². The Hall–Kier alpha value is -1.17. The quantitative estimate of drug-likeness (QED) is 0.770. The highest BCUT2D eigenvalue weighted by molar-refractivity contribution is 7.05. The van der Waals surface area contributed by atoms with Gasteiger partial charge in [0.15, 0.2) is 5.82 Å². The smallest absolute Gasteiger partial charge is 0.407 e. The molecular weight excluding hydrogens is 202 g/mol. The van der Waals surface area contributed by atoms with E-state index in [0.717, 1.165) is 17.8 Å². The van der Waals surface area contributed by atoms with Crippen molar-refractivity contribution >= 4 is 17.6 Å². The molecule has 1 aromatic rings. The normalized spacial score (nSPS) is 21.5. The number of likely N-dealkylation sites (tertiary alicyclic amines) is 1. The summed E-state index contributed by atoms with van der Waals surface area (Å²) in [6.45, 7) is 2.47. The topological polar surface area (TPSA) is 66.3 Å². The van der Waals surface area contributed by atoms with E-state index >= 15 is 0 Å². The SMILES string of the molecule is Cc1nc([C@@H]2CCCN2C(=O)O)ns1. The molecule has 1 aliphatic rings. The molecule has 0 bridgehead atoms. The Bertz CT molecular complexity index is 352. The second-order valence-electron chi connectivity index (χ2n) is 3.31. The van der Waals surface area contributed by atoms with E-state index < -0.39 is 6.09 Å². The molecule has 1 atom stereocenters. The lowest BCUT2D eigenvalue weighted by atomic mass is 10.2. The molecule has 0 aromatic carbocycles. The number of nitrogens with zero attached hydrogens (tertiary/aromatic N) is 3. The zero-order valence-electron chi connectivity index (χ0n) is 7.80. The van der Waals surface area contributed by atoms with Crippen LogP contribution >= 0.6 is 11.5 Å². The minimum absolute atomic E-state index is 0.127. The molecule has 0 aliphatic carbocycles.